The Bertz CT molecular complexity index is 750. The molecule has 0 amide bonds. The van der Waals surface area contributed by atoms with Crippen molar-refractivity contribution in [2.75, 3.05) is 6.26 Å². The van der Waals surface area contributed by atoms with Crippen molar-refractivity contribution in [3.63, 3.8) is 0 Å². The molecule has 2 aromatic carbocycles. The minimum Gasteiger partial charge on any atom is -0.489 e. The van der Waals surface area contributed by atoms with E-state index in [1.54, 1.807) is 18.8 Å². The average Bonchev–Trinajstić information content (AvgIpc) is 3.08. The Kier molecular flexibility index (Phi) is 4.34. The normalized spacial score (nSPS) is 12.0. The number of hydrogen-bond donors (Lipinski definition) is 1. The molecule has 0 bridgehead atoms. The Balaban J connectivity index is 1.63. The summed E-state index contributed by atoms with van der Waals surface area (Å²) in [6.07, 6.45) is 5.12. The average molecular weight is 312 g/mol. The molecule has 0 saturated carbocycles. The van der Waals surface area contributed by atoms with Gasteiger partial charge in [0.25, 0.3) is 0 Å². The number of aromatic amines is 1. The Morgan fingerprint density at radius 3 is 2.41 bits per heavy atom. The van der Waals surface area contributed by atoms with Crippen LogP contribution in [-0.4, -0.2) is 20.4 Å². The fourth-order valence-electron chi connectivity index (χ4n) is 2.09. The van der Waals surface area contributed by atoms with Crippen LogP contribution in [0.1, 0.15) is 5.56 Å². The van der Waals surface area contributed by atoms with Crippen LogP contribution in [-0.2, 0) is 17.4 Å². The van der Waals surface area contributed by atoms with Crippen LogP contribution in [0, 0.1) is 0 Å². The summed E-state index contributed by atoms with van der Waals surface area (Å²) >= 11 is 0. The molecule has 1 atom stereocenters. The molecule has 0 radical (unpaired) electrons. The van der Waals surface area contributed by atoms with Crippen LogP contribution < -0.4 is 4.74 Å². The van der Waals surface area contributed by atoms with Crippen molar-refractivity contribution in [1.29, 1.82) is 0 Å². The zero-order valence-corrected chi connectivity index (χ0v) is 13.0. The van der Waals surface area contributed by atoms with E-state index in [1.165, 1.54) is 0 Å². The van der Waals surface area contributed by atoms with Crippen LogP contribution in [0.3, 0.4) is 0 Å². The third kappa shape index (κ3) is 3.43. The highest BCUT2D eigenvalue weighted by molar-refractivity contribution is 7.84. The fourth-order valence-corrected chi connectivity index (χ4v) is 2.61. The lowest BCUT2D eigenvalue weighted by molar-refractivity contribution is 0.306. The van der Waals surface area contributed by atoms with Crippen LogP contribution in [0.2, 0.25) is 0 Å². The van der Waals surface area contributed by atoms with Crippen LogP contribution >= 0.6 is 0 Å². The van der Waals surface area contributed by atoms with Crippen molar-refractivity contribution in [1.82, 2.24) is 9.97 Å². The maximum atomic E-state index is 11.3. The van der Waals surface area contributed by atoms with Gasteiger partial charge in [-0.2, -0.15) is 0 Å². The van der Waals surface area contributed by atoms with E-state index in [0.29, 0.717) is 6.61 Å². The number of rotatable bonds is 5. The second kappa shape index (κ2) is 6.58. The Hall–Kier alpha value is -2.40. The minimum atomic E-state index is -0.943. The van der Waals surface area contributed by atoms with E-state index in [2.05, 4.69) is 9.97 Å². The van der Waals surface area contributed by atoms with Crippen molar-refractivity contribution in [2.45, 2.75) is 11.5 Å². The lowest BCUT2D eigenvalue weighted by atomic mass is 10.1. The molecule has 5 heteroatoms. The molecule has 1 aromatic heterocycles. The maximum absolute atomic E-state index is 11.3. The minimum absolute atomic E-state index is 0.486. The third-order valence-electron chi connectivity index (χ3n) is 3.32. The smallest absolute Gasteiger partial charge is 0.119 e. The molecule has 22 heavy (non-hydrogen) atoms. The van der Waals surface area contributed by atoms with Gasteiger partial charge in [0, 0.05) is 22.0 Å². The molecule has 0 aliphatic heterocycles. The fraction of sp³-hybridized carbons (Fsp3) is 0.118. The highest BCUT2D eigenvalue weighted by atomic mass is 32.2. The molecule has 4 nitrogen and oxygen atoms in total. The highest BCUT2D eigenvalue weighted by Crippen LogP contribution is 2.21. The SMILES string of the molecule is CS(=O)c1ccc(COc2ccc(-c3cnc[nH]3)cc2)cc1. The van der Waals surface area contributed by atoms with Gasteiger partial charge in [-0.05, 0) is 47.5 Å². The summed E-state index contributed by atoms with van der Waals surface area (Å²) in [4.78, 5) is 7.90. The molecule has 1 heterocycles. The quantitative estimate of drug-likeness (QED) is 0.785. The molecular weight excluding hydrogens is 296 g/mol. The number of hydrogen-bond acceptors (Lipinski definition) is 3. The number of nitrogens with zero attached hydrogens (tertiary/aromatic N) is 1. The predicted molar refractivity (Wildman–Crippen MR) is 87.1 cm³/mol. The first-order chi connectivity index (χ1) is 10.7. The molecule has 0 saturated heterocycles. The highest BCUT2D eigenvalue weighted by Gasteiger charge is 2.01. The van der Waals surface area contributed by atoms with Gasteiger partial charge in [-0.1, -0.05) is 12.1 Å². The van der Waals surface area contributed by atoms with Crippen molar-refractivity contribution in [3.05, 3.63) is 66.6 Å². The maximum Gasteiger partial charge on any atom is 0.119 e. The number of H-pyrrole nitrogens is 1. The zero-order valence-electron chi connectivity index (χ0n) is 12.2. The molecule has 0 fully saturated rings. The van der Waals surface area contributed by atoms with Gasteiger partial charge in [0.2, 0.25) is 0 Å². The number of aromatic nitrogens is 2. The summed E-state index contributed by atoms with van der Waals surface area (Å²) in [6, 6.07) is 15.5. The summed E-state index contributed by atoms with van der Waals surface area (Å²) < 4.78 is 17.1. The van der Waals surface area contributed by atoms with E-state index >= 15 is 0 Å². The predicted octanol–water partition coefficient (Wildman–Crippen LogP) is 3.39. The number of ether oxygens (including phenoxy) is 1. The monoisotopic (exact) mass is 312 g/mol. The molecular formula is C17H16N2O2S. The van der Waals surface area contributed by atoms with Gasteiger partial charge in [0.1, 0.15) is 12.4 Å². The van der Waals surface area contributed by atoms with Gasteiger partial charge in [-0.3, -0.25) is 4.21 Å². The van der Waals surface area contributed by atoms with E-state index < -0.39 is 10.8 Å². The number of benzene rings is 2. The topological polar surface area (TPSA) is 55.0 Å². The van der Waals surface area contributed by atoms with E-state index in [0.717, 1.165) is 27.5 Å². The molecule has 1 N–H and O–H groups in total. The van der Waals surface area contributed by atoms with E-state index in [1.807, 2.05) is 48.5 Å². The Morgan fingerprint density at radius 2 is 1.82 bits per heavy atom. The number of imidazole rings is 1. The van der Waals surface area contributed by atoms with E-state index in [4.69, 9.17) is 4.74 Å². The van der Waals surface area contributed by atoms with Crippen molar-refractivity contribution in [2.24, 2.45) is 0 Å². The van der Waals surface area contributed by atoms with Crippen LogP contribution in [0.4, 0.5) is 0 Å². The van der Waals surface area contributed by atoms with Crippen molar-refractivity contribution in [3.8, 4) is 17.0 Å². The first-order valence-electron chi connectivity index (χ1n) is 6.86. The van der Waals surface area contributed by atoms with Crippen molar-refractivity contribution < 1.29 is 8.95 Å². The second-order valence-electron chi connectivity index (χ2n) is 4.88. The van der Waals surface area contributed by atoms with Gasteiger partial charge in [-0.25, -0.2) is 4.98 Å². The third-order valence-corrected chi connectivity index (χ3v) is 4.26. The zero-order chi connectivity index (χ0) is 15.4. The molecule has 3 aromatic rings. The summed E-state index contributed by atoms with van der Waals surface area (Å²) in [7, 11) is -0.943. The first-order valence-corrected chi connectivity index (χ1v) is 8.42. The second-order valence-corrected chi connectivity index (χ2v) is 6.26. The summed E-state index contributed by atoms with van der Waals surface area (Å²) in [5.74, 6) is 0.811. The lowest BCUT2D eigenvalue weighted by Gasteiger charge is -2.07. The van der Waals surface area contributed by atoms with Crippen LogP contribution in [0.5, 0.6) is 5.75 Å². The molecule has 0 aliphatic carbocycles. The standard InChI is InChI=1S/C17H16N2O2S/c1-22(20)16-8-2-13(3-9-16)11-21-15-6-4-14(5-7-15)17-10-18-12-19-17/h2-10,12H,11H2,1H3,(H,18,19). The summed E-state index contributed by atoms with van der Waals surface area (Å²) in [5, 5.41) is 0. The van der Waals surface area contributed by atoms with Crippen molar-refractivity contribution >= 4 is 10.8 Å². The van der Waals surface area contributed by atoms with E-state index in [9.17, 15) is 4.21 Å². The molecule has 1 unspecified atom stereocenters. The summed E-state index contributed by atoms with van der Waals surface area (Å²) in [6.45, 7) is 0.486. The molecule has 0 aliphatic rings. The molecule has 0 spiro atoms. The summed E-state index contributed by atoms with van der Waals surface area (Å²) in [5.41, 5.74) is 3.10. The van der Waals surface area contributed by atoms with Crippen LogP contribution in [0.25, 0.3) is 11.3 Å². The largest absolute Gasteiger partial charge is 0.489 e. The Labute approximate surface area is 131 Å². The molecule has 3 rings (SSSR count). The Morgan fingerprint density at radius 1 is 1.09 bits per heavy atom. The van der Waals surface area contributed by atoms with E-state index in [-0.39, 0.29) is 0 Å². The van der Waals surface area contributed by atoms with Gasteiger partial charge in [0.15, 0.2) is 0 Å². The lowest BCUT2D eigenvalue weighted by Crippen LogP contribution is -1.96. The van der Waals surface area contributed by atoms with Gasteiger partial charge < -0.3 is 9.72 Å². The van der Waals surface area contributed by atoms with Crippen LogP contribution in [0.15, 0.2) is 66.0 Å². The first kappa shape index (κ1) is 14.5. The molecule has 112 valence electrons. The van der Waals surface area contributed by atoms with Gasteiger partial charge in [0.05, 0.1) is 18.2 Å². The number of nitrogens with one attached hydrogen (secondary N) is 1. The van der Waals surface area contributed by atoms with Gasteiger partial charge >= 0.3 is 0 Å². The van der Waals surface area contributed by atoms with Gasteiger partial charge in [-0.15, -0.1) is 0 Å².